The molecule has 32 heavy (non-hydrogen) atoms. The van der Waals surface area contributed by atoms with E-state index in [0.717, 1.165) is 54.5 Å². The van der Waals surface area contributed by atoms with Crippen LogP contribution in [0.25, 0.3) is 0 Å². The molecule has 0 radical (unpaired) electrons. The molecular formula is C26H31N3O2S. The van der Waals surface area contributed by atoms with Gasteiger partial charge in [0.25, 0.3) is 0 Å². The standard InChI is InChI=1S/C26H31N3O2S/c1-19-20(2)29(17-23-14-9-15-31-23)26(27-19)32-18-25(30)28-24(22-12-7-4-8-13-22)16-21-10-5-3-6-11-21/h3-8,10-13,23-24H,9,14-18H2,1-2H3,(H,28,30)/t23-,24-/m0/s1. The first-order valence-corrected chi connectivity index (χ1v) is 12.2. The van der Waals surface area contributed by atoms with Crippen LogP contribution < -0.4 is 5.32 Å². The number of rotatable bonds is 9. The van der Waals surface area contributed by atoms with Crippen LogP contribution in [0.3, 0.4) is 0 Å². The number of ether oxygens (including phenoxy) is 1. The summed E-state index contributed by atoms with van der Waals surface area (Å²) in [6, 6.07) is 20.4. The molecule has 0 unspecified atom stereocenters. The fraction of sp³-hybridized carbons (Fsp3) is 0.385. The van der Waals surface area contributed by atoms with Gasteiger partial charge in [-0.2, -0.15) is 0 Å². The zero-order valence-electron chi connectivity index (χ0n) is 18.8. The molecule has 3 aromatic rings. The molecule has 0 saturated carbocycles. The van der Waals surface area contributed by atoms with Crippen LogP contribution in [0.4, 0.5) is 0 Å². The summed E-state index contributed by atoms with van der Waals surface area (Å²) in [5.74, 6) is 0.348. The molecule has 1 amide bonds. The molecule has 1 aliphatic rings. The van der Waals surface area contributed by atoms with Crippen molar-refractivity contribution in [1.82, 2.24) is 14.9 Å². The van der Waals surface area contributed by atoms with Crippen molar-refractivity contribution in [3.8, 4) is 0 Å². The van der Waals surface area contributed by atoms with E-state index >= 15 is 0 Å². The summed E-state index contributed by atoms with van der Waals surface area (Å²) >= 11 is 1.50. The summed E-state index contributed by atoms with van der Waals surface area (Å²) in [5.41, 5.74) is 4.47. The third kappa shape index (κ3) is 5.81. The second-order valence-corrected chi connectivity index (χ2v) is 9.26. The van der Waals surface area contributed by atoms with Crippen molar-refractivity contribution < 1.29 is 9.53 Å². The average Bonchev–Trinajstić information content (AvgIpc) is 3.42. The summed E-state index contributed by atoms with van der Waals surface area (Å²) in [4.78, 5) is 17.7. The van der Waals surface area contributed by atoms with Crippen LogP contribution in [0.5, 0.6) is 0 Å². The Hall–Kier alpha value is -2.57. The third-order valence-electron chi connectivity index (χ3n) is 5.99. The molecule has 5 nitrogen and oxygen atoms in total. The van der Waals surface area contributed by atoms with Crippen molar-refractivity contribution in [2.75, 3.05) is 12.4 Å². The number of hydrogen-bond acceptors (Lipinski definition) is 4. The van der Waals surface area contributed by atoms with Crippen LogP contribution in [0.15, 0.2) is 65.8 Å². The maximum atomic E-state index is 12.9. The van der Waals surface area contributed by atoms with Gasteiger partial charge in [-0.05, 0) is 44.2 Å². The van der Waals surface area contributed by atoms with Gasteiger partial charge in [-0.15, -0.1) is 0 Å². The topological polar surface area (TPSA) is 56.2 Å². The number of carbonyl (C=O) groups excluding carboxylic acids is 1. The Bertz CT molecular complexity index is 1010. The highest BCUT2D eigenvalue weighted by Crippen LogP contribution is 2.25. The predicted molar refractivity (Wildman–Crippen MR) is 129 cm³/mol. The van der Waals surface area contributed by atoms with E-state index in [2.05, 4.69) is 41.1 Å². The van der Waals surface area contributed by atoms with Crippen LogP contribution in [0, 0.1) is 13.8 Å². The first-order valence-electron chi connectivity index (χ1n) is 11.3. The van der Waals surface area contributed by atoms with E-state index in [1.807, 2.05) is 43.3 Å². The Morgan fingerprint density at radius 1 is 1.16 bits per heavy atom. The van der Waals surface area contributed by atoms with Gasteiger partial charge in [-0.25, -0.2) is 4.98 Å². The summed E-state index contributed by atoms with van der Waals surface area (Å²) in [7, 11) is 0. The Balaban J connectivity index is 1.42. The van der Waals surface area contributed by atoms with Gasteiger partial charge in [0.05, 0.1) is 30.1 Å². The van der Waals surface area contributed by atoms with Crippen LogP contribution >= 0.6 is 11.8 Å². The Labute approximate surface area is 194 Å². The van der Waals surface area contributed by atoms with Gasteiger partial charge in [0.15, 0.2) is 5.16 Å². The fourth-order valence-electron chi connectivity index (χ4n) is 4.09. The SMILES string of the molecule is Cc1nc(SCC(=O)N[C@@H](Cc2ccccc2)c2ccccc2)n(C[C@@H]2CCCO2)c1C. The second kappa shape index (κ2) is 10.8. The molecule has 1 N–H and O–H groups in total. The van der Waals surface area contributed by atoms with E-state index in [4.69, 9.17) is 9.72 Å². The highest BCUT2D eigenvalue weighted by Gasteiger charge is 2.21. The molecule has 0 bridgehead atoms. The lowest BCUT2D eigenvalue weighted by atomic mass is 9.99. The second-order valence-electron chi connectivity index (χ2n) is 8.32. The van der Waals surface area contributed by atoms with E-state index in [-0.39, 0.29) is 18.1 Å². The van der Waals surface area contributed by atoms with E-state index in [1.165, 1.54) is 17.3 Å². The quantitative estimate of drug-likeness (QED) is 0.474. The Kier molecular flexibility index (Phi) is 7.66. The normalized spacial score (nSPS) is 16.8. The molecule has 2 heterocycles. The number of carbonyl (C=O) groups is 1. The van der Waals surface area contributed by atoms with Crippen molar-refractivity contribution in [2.24, 2.45) is 0 Å². The van der Waals surface area contributed by atoms with Gasteiger partial charge in [-0.1, -0.05) is 72.4 Å². The lowest BCUT2D eigenvalue weighted by molar-refractivity contribution is -0.119. The minimum Gasteiger partial charge on any atom is -0.376 e. The summed E-state index contributed by atoms with van der Waals surface area (Å²) in [6.07, 6.45) is 3.20. The maximum Gasteiger partial charge on any atom is 0.230 e. The molecule has 168 valence electrons. The number of hydrogen-bond donors (Lipinski definition) is 1. The zero-order valence-corrected chi connectivity index (χ0v) is 19.6. The monoisotopic (exact) mass is 449 g/mol. The van der Waals surface area contributed by atoms with Gasteiger partial charge in [0.1, 0.15) is 0 Å². The Morgan fingerprint density at radius 3 is 2.56 bits per heavy atom. The molecule has 2 aromatic carbocycles. The first-order chi connectivity index (χ1) is 15.6. The third-order valence-corrected chi connectivity index (χ3v) is 6.96. The highest BCUT2D eigenvalue weighted by molar-refractivity contribution is 7.99. The molecule has 1 fully saturated rings. The van der Waals surface area contributed by atoms with Gasteiger partial charge in [0.2, 0.25) is 5.91 Å². The van der Waals surface area contributed by atoms with Crippen molar-refractivity contribution in [2.45, 2.75) is 57.0 Å². The van der Waals surface area contributed by atoms with E-state index < -0.39 is 0 Å². The number of thioether (sulfide) groups is 1. The molecule has 1 saturated heterocycles. The predicted octanol–water partition coefficient (Wildman–Crippen LogP) is 4.87. The van der Waals surface area contributed by atoms with Crippen LogP contribution in [0.1, 0.15) is 41.4 Å². The van der Waals surface area contributed by atoms with Gasteiger partial charge in [0, 0.05) is 12.3 Å². The number of nitrogens with one attached hydrogen (secondary N) is 1. The molecule has 2 atom stereocenters. The minimum absolute atomic E-state index is 0.0155. The molecule has 0 aliphatic carbocycles. The number of benzene rings is 2. The van der Waals surface area contributed by atoms with Gasteiger partial charge < -0.3 is 14.6 Å². The van der Waals surface area contributed by atoms with Crippen LogP contribution in [0.2, 0.25) is 0 Å². The lowest BCUT2D eigenvalue weighted by Crippen LogP contribution is -2.31. The Morgan fingerprint density at radius 2 is 1.88 bits per heavy atom. The highest BCUT2D eigenvalue weighted by atomic mass is 32.2. The lowest BCUT2D eigenvalue weighted by Gasteiger charge is -2.20. The van der Waals surface area contributed by atoms with Crippen LogP contribution in [-0.4, -0.2) is 33.9 Å². The summed E-state index contributed by atoms with van der Waals surface area (Å²) in [6.45, 7) is 5.76. The van der Waals surface area contributed by atoms with Gasteiger partial charge in [-0.3, -0.25) is 4.79 Å². The molecular weight excluding hydrogens is 418 g/mol. The van der Waals surface area contributed by atoms with E-state index in [1.54, 1.807) is 0 Å². The molecule has 6 heteroatoms. The number of nitrogens with zero attached hydrogens (tertiary/aromatic N) is 2. The van der Waals surface area contributed by atoms with Crippen molar-refractivity contribution in [3.05, 3.63) is 83.2 Å². The van der Waals surface area contributed by atoms with Crippen molar-refractivity contribution >= 4 is 17.7 Å². The maximum absolute atomic E-state index is 12.9. The molecule has 1 aliphatic heterocycles. The number of amides is 1. The molecule has 1 aromatic heterocycles. The first kappa shape index (κ1) is 22.6. The number of imidazole rings is 1. The van der Waals surface area contributed by atoms with E-state index in [0.29, 0.717) is 5.75 Å². The number of aromatic nitrogens is 2. The molecule has 4 rings (SSSR count). The smallest absolute Gasteiger partial charge is 0.230 e. The summed E-state index contributed by atoms with van der Waals surface area (Å²) in [5, 5.41) is 4.14. The van der Waals surface area contributed by atoms with Crippen molar-refractivity contribution in [3.63, 3.8) is 0 Å². The minimum atomic E-state index is -0.0678. The summed E-state index contributed by atoms with van der Waals surface area (Å²) < 4.78 is 8.03. The molecule has 0 spiro atoms. The van der Waals surface area contributed by atoms with Crippen molar-refractivity contribution in [1.29, 1.82) is 0 Å². The zero-order chi connectivity index (χ0) is 22.3. The van der Waals surface area contributed by atoms with Crippen LogP contribution in [-0.2, 0) is 22.5 Å². The number of aryl methyl sites for hydroxylation is 1. The average molecular weight is 450 g/mol. The largest absolute Gasteiger partial charge is 0.376 e. The fourth-order valence-corrected chi connectivity index (χ4v) is 5.01. The van der Waals surface area contributed by atoms with Gasteiger partial charge >= 0.3 is 0 Å². The van der Waals surface area contributed by atoms with E-state index in [9.17, 15) is 4.79 Å².